The van der Waals surface area contributed by atoms with E-state index in [4.69, 9.17) is 5.73 Å². The summed E-state index contributed by atoms with van der Waals surface area (Å²) in [5.41, 5.74) is 6.25. The Bertz CT molecular complexity index is 776. The van der Waals surface area contributed by atoms with Crippen LogP contribution in [-0.2, 0) is 6.18 Å². The molecule has 0 aliphatic carbocycles. The van der Waals surface area contributed by atoms with Crippen LogP contribution in [0.3, 0.4) is 0 Å². The minimum absolute atomic E-state index is 0.0347. The summed E-state index contributed by atoms with van der Waals surface area (Å²) >= 11 is 0. The molecule has 7 heteroatoms. The Balaban J connectivity index is 1.86. The Labute approximate surface area is 143 Å². The van der Waals surface area contributed by atoms with Gasteiger partial charge in [-0.25, -0.2) is 0 Å². The van der Waals surface area contributed by atoms with Gasteiger partial charge in [-0.1, -0.05) is 18.2 Å². The number of hydrogen-bond donors (Lipinski definition) is 2. The van der Waals surface area contributed by atoms with Crippen molar-refractivity contribution >= 4 is 17.3 Å². The van der Waals surface area contributed by atoms with Crippen LogP contribution >= 0.6 is 0 Å². The van der Waals surface area contributed by atoms with E-state index >= 15 is 0 Å². The number of nitrogens with one attached hydrogen (secondary N) is 1. The Morgan fingerprint density at radius 3 is 2.60 bits per heavy atom. The van der Waals surface area contributed by atoms with E-state index in [0.29, 0.717) is 24.3 Å². The van der Waals surface area contributed by atoms with Crippen LogP contribution in [0.5, 0.6) is 0 Å². The van der Waals surface area contributed by atoms with Gasteiger partial charge >= 0.3 is 6.18 Å². The second kappa shape index (κ2) is 6.76. The first-order valence-corrected chi connectivity index (χ1v) is 7.93. The molecular weight excluding hydrogens is 331 g/mol. The largest absolute Gasteiger partial charge is 0.416 e. The van der Waals surface area contributed by atoms with Crippen LogP contribution in [0.1, 0.15) is 22.3 Å². The zero-order chi connectivity index (χ0) is 18.0. The summed E-state index contributed by atoms with van der Waals surface area (Å²) in [6.45, 7) is 1.06. The molecule has 1 heterocycles. The van der Waals surface area contributed by atoms with Crippen molar-refractivity contribution in [1.29, 1.82) is 0 Å². The molecular formula is C18H18F3N3O. The van der Waals surface area contributed by atoms with Crippen molar-refractivity contribution in [3.05, 3.63) is 59.7 Å². The number of benzene rings is 2. The lowest BCUT2D eigenvalue weighted by molar-refractivity contribution is -0.137. The van der Waals surface area contributed by atoms with Crippen LogP contribution in [0.4, 0.5) is 24.5 Å². The van der Waals surface area contributed by atoms with Crippen molar-refractivity contribution in [2.75, 3.05) is 18.4 Å². The van der Waals surface area contributed by atoms with E-state index in [1.54, 1.807) is 29.2 Å². The van der Waals surface area contributed by atoms with E-state index in [2.05, 4.69) is 5.32 Å². The fraction of sp³-hybridized carbons (Fsp3) is 0.278. The molecule has 25 heavy (non-hydrogen) atoms. The lowest BCUT2D eigenvalue weighted by Crippen LogP contribution is -2.32. The van der Waals surface area contributed by atoms with Crippen LogP contribution in [0.2, 0.25) is 0 Å². The van der Waals surface area contributed by atoms with Crippen LogP contribution in [0.15, 0.2) is 48.5 Å². The number of anilines is 2. The van der Waals surface area contributed by atoms with E-state index in [9.17, 15) is 18.0 Å². The molecule has 0 saturated carbocycles. The van der Waals surface area contributed by atoms with Gasteiger partial charge in [-0.3, -0.25) is 4.79 Å². The summed E-state index contributed by atoms with van der Waals surface area (Å²) in [6, 6.07) is 11.6. The Kier molecular flexibility index (Phi) is 4.67. The highest BCUT2D eigenvalue weighted by molar-refractivity contribution is 6.00. The van der Waals surface area contributed by atoms with Gasteiger partial charge in [0, 0.05) is 24.8 Å². The van der Waals surface area contributed by atoms with Crippen LogP contribution in [-0.4, -0.2) is 29.9 Å². The summed E-state index contributed by atoms with van der Waals surface area (Å²) in [5, 5.41) is 2.92. The van der Waals surface area contributed by atoms with Crippen molar-refractivity contribution in [3.63, 3.8) is 0 Å². The number of alkyl halides is 3. The van der Waals surface area contributed by atoms with Crippen LogP contribution < -0.4 is 11.1 Å². The molecule has 3 rings (SSSR count). The molecule has 1 aliphatic heterocycles. The molecule has 0 unspecified atom stereocenters. The number of carbonyl (C=O) groups is 1. The van der Waals surface area contributed by atoms with Crippen molar-refractivity contribution in [2.45, 2.75) is 18.6 Å². The normalized spacial score (nSPS) is 17.6. The molecule has 132 valence electrons. The van der Waals surface area contributed by atoms with Crippen molar-refractivity contribution in [1.82, 2.24) is 4.90 Å². The maximum atomic E-state index is 12.9. The van der Waals surface area contributed by atoms with E-state index in [1.807, 2.05) is 0 Å². The van der Waals surface area contributed by atoms with Gasteiger partial charge in [0.2, 0.25) is 0 Å². The number of amides is 1. The van der Waals surface area contributed by atoms with Gasteiger partial charge in [-0.15, -0.1) is 0 Å². The van der Waals surface area contributed by atoms with Gasteiger partial charge in [0.1, 0.15) is 0 Å². The minimum atomic E-state index is -4.42. The lowest BCUT2D eigenvalue weighted by atomic mass is 10.1. The van der Waals surface area contributed by atoms with E-state index < -0.39 is 11.7 Å². The first-order valence-electron chi connectivity index (χ1n) is 7.93. The molecule has 1 fully saturated rings. The zero-order valence-electron chi connectivity index (χ0n) is 13.4. The molecule has 0 bridgehead atoms. The maximum absolute atomic E-state index is 12.9. The average molecular weight is 349 g/mol. The number of nitrogens with two attached hydrogens (primary N) is 1. The van der Waals surface area contributed by atoms with Gasteiger partial charge in [-0.05, 0) is 36.8 Å². The van der Waals surface area contributed by atoms with Gasteiger partial charge in [0.25, 0.3) is 5.91 Å². The summed E-state index contributed by atoms with van der Waals surface area (Å²) in [5.74, 6) is -0.178. The SMILES string of the molecule is N[C@@H]1CCN(C(=O)c2ccccc2Nc2cccc(C(F)(F)F)c2)C1. The molecule has 4 nitrogen and oxygen atoms in total. The summed E-state index contributed by atoms with van der Waals surface area (Å²) in [4.78, 5) is 14.3. The number of carbonyl (C=O) groups excluding carboxylic acids is 1. The minimum Gasteiger partial charge on any atom is -0.355 e. The molecule has 0 aromatic heterocycles. The Morgan fingerprint density at radius 1 is 1.16 bits per heavy atom. The van der Waals surface area contributed by atoms with E-state index in [0.717, 1.165) is 18.6 Å². The predicted octanol–water partition coefficient (Wildman–Crippen LogP) is 3.62. The van der Waals surface area contributed by atoms with Gasteiger partial charge in [0.15, 0.2) is 0 Å². The smallest absolute Gasteiger partial charge is 0.355 e. The average Bonchev–Trinajstić information content (AvgIpc) is 3.01. The second-order valence-electron chi connectivity index (χ2n) is 6.05. The number of hydrogen-bond acceptors (Lipinski definition) is 3. The maximum Gasteiger partial charge on any atom is 0.416 e. The highest BCUT2D eigenvalue weighted by Gasteiger charge is 2.30. The van der Waals surface area contributed by atoms with Gasteiger partial charge in [-0.2, -0.15) is 13.2 Å². The highest BCUT2D eigenvalue weighted by Crippen LogP contribution is 2.32. The third kappa shape index (κ3) is 3.93. The first kappa shape index (κ1) is 17.3. The molecule has 1 aliphatic rings. The van der Waals surface area contributed by atoms with E-state index in [1.165, 1.54) is 12.1 Å². The number of halogens is 3. The van der Waals surface area contributed by atoms with E-state index in [-0.39, 0.29) is 17.6 Å². The summed E-state index contributed by atoms with van der Waals surface area (Å²) in [6.07, 6.45) is -3.67. The van der Waals surface area contributed by atoms with Crippen molar-refractivity contribution < 1.29 is 18.0 Å². The fourth-order valence-electron chi connectivity index (χ4n) is 2.85. The molecule has 1 atom stereocenters. The quantitative estimate of drug-likeness (QED) is 0.890. The Hall–Kier alpha value is -2.54. The standard InChI is InChI=1S/C18H18F3N3O/c19-18(20,21)12-4-3-5-14(10-12)23-16-7-2-1-6-15(16)17(25)24-9-8-13(22)11-24/h1-7,10,13,23H,8-9,11,22H2/t13-/m1/s1. The predicted molar refractivity (Wildman–Crippen MR) is 89.7 cm³/mol. The third-order valence-electron chi connectivity index (χ3n) is 4.14. The monoisotopic (exact) mass is 349 g/mol. The van der Waals surface area contributed by atoms with Gasteiger partial charge in [0.05, 0.1) is 16.8 Å². The summed E-state index contributed by atoms with van der Waals surface area (Å²) in [7, 11) is 0. The fourth-order valence-corrected chi connectivity index (χ4v) is 2.85. The Morgan fingerprint density at radius 2 is 1.92 bits per heavy atom. The molecule has 0 spiro atoms. The number of rotatable bonds is 3. The topological polar surface area (TPSA) is 58.4 Å². The second-order valence-corrected chi connectivity index (χ2v) is 6.05. The van der Waals surface area contributed by atoms with Crippen molar-refractivity contribution in [2.24, 2.45) is 5.73 Å². The highest BCUT2D eigenvalue weighted by atomic mass is 19.4. The molecule has 2 aromatic rings. The molecule has 2 aromatic carbocycles. The van der Waals surface area contributed by atoms with Crippen molar-refractivity contribution in [3.8, 4) is 0 Å². The number of likely N-dealkylation sites (tertiary alicyclic amines) is 1. The van der Waals surface area contributed by atoms with Crippen LogP contribution in [0, 0.1) is 0 Å². The molecule has 1 amide bonds. The first-order chi connectivity index (χ1) is 11.8. The number of nitrogens with zero attached hydrogens (tertiary/aromatic N) is 1. The summed E-state index contributed by atoms with van der Waals surface area (Å²) < 4.78 is 38.6. The molecule has 3 N–H and O–H groups in total. The number of para-hydroxylation sites is 1. The molecule has 0 radical (unpaired) electrons. The zero-order valence-corrected chi connectivity index (χ0v) is 13.4. The lowest BCUT2D eigenvalue weighted by Gasteiger charge is -2.19. The molecule has 1 saturated heterocycles. The third-order valence-corrected chi connectivity index (χ3v) is 4.14. The van der Waals surface area contributed by atoms with Crippen LogP contribution in [0.25, 0.3) is 0 Å². The van der Waals surface area contributed by atoms with Gasteiger partial charge < -0.3 is 16.0 Å².